The van der Waals surface area contributed by atoms with Crippen molar-refractivity contribution in [3.63, 3.8) is 0 Å². The van der Waals surface area contributed by atoms with E-state index in [0.717, 1.165) is 44.7 Å². The molecule has 28 heavy (non-hydrogen) atoms. The molecule has 0 atom stereocenters. The number of benzene rings is 2. The smallest absolute Gasteiger partial charge is 0.288 e. The fourth-order valence-corrected chi connectivity index (χ4v) is 3.99. The predicted octanol–water partition coefficient (Wildman–Crippen LogP) is 2.44. The first kappa shape index (κ1) is 20.2. The van der Waals surface area contributed by atoms with E-state index < -0.39 is 20.4 Å². The van der Waals surface area contributed by atoms with Crippen molar-refractivity contribution in [3.8, 4) is 0 Å². The largest absolute Gasteiger partial charge is 0.381 e. The maximum absolute atomic E-state index is 11.9. The number of nitrogens with one attached hydrogen (secondary N) is 1. The summed E-state index contributed by atoms with van der Waals surface area (Å²) in [6, 6.07) is 12.2. The lowest BCUT2D eigenvalue weighted by Crippen LogP contribution is -2.35. The summed E-state index contributed by atoms with van der Waals surface area (Å²) in [6.45, 7) is 4.68. The van der Waals surface area contributed by atoms with Gasteiger partial charge in [-0.05, 0) is 23.3 Å². The Morgan fingerprint density at radius 2 is 1.86 bits per heavy atom. The van der Waals surface area contributed by atoms with Crippen LogP contribution in [0.15, 0.2) is 47.4 Å². The Balaban J connectivity index is 1.70. The first-order valence-corrected chi connectivity index (χ1v) is 10.8. The van der Waals surface area contributed by atoms with E-state index >= 15 is 0 Å². The number of hydrogen-bond acceptors (Lipinski definition) is 7. The topological polar surface area (TPSA) is 102 Å². The van der Waals surface area contributed by atoms with Crippen LogP contribution in [-0.2, 0) is 27.7 Å². The van der Waals surface area contributed by atoms with Gasteiger partial charge in [0.05, 0.1) is 18.1 Å². The number of nitrogens with zero attached hydrogens (tertiary/aromatic N) is 2. The fraction of sp³-hybridized carbons (Fsp3) is 0.368. The molecule has 150 valence electrons. The molecule has 3 rings (SSSR count). The third-order valence-corrected chi connectivity index (χ3v) is 5.68. The molecule has 0 bridgehead atoms. The Kier molecular flexibility index (Phi) is 6.28. The van der Waals surface area contributed by atoms with Crippen LogP contribution < -0.4 is 5.32 Å². The second kappa shape index (κ2) is 8.68. The van der Waals surface area contributed by atoms with Crippen molar-refractivity contribution < 1.29 is 18.1 Å². The summed E-state index contributed by atoms with van der Waals surface area (Å²) in [6.07, 6.45) is 0.966. The van der Waals surface area contributed by atoms with Crippen LogP contribution in [0.4, 0.5) is 11.4 Å². The van der Waals surface area contributed by atoms with E-state index in [0.29, 0.717) is 12.2 Å². The van der Waals surface area contributed by atoms with Crippen LogP contribution in [0.25, 0.3) is 0 Å². The minimum absolute atomic E-state index is 0.288. The quantitative estimate of drug-likeness (QED) is 0.557. The van der Waals surface area contributed by atoms with Crippen molar-refractivity contribution in [1.29, 1.82) is 0 Å². The highest BCUT2D eigenvalue weighted by molar-refractivity contribution is 7.90. The number of hydrogen-bond donors (Lipinski definition) is 1. The minimum Gasteiger partial charge on any atom is -0.381 e. The molecule has 1 saturated heterocycles. The summed E-state index contributed by atoms with van der Waals surface area (Å²) in [5.41, 5.74) is 2.34. The van der Waals surface area contributed by atoms with Gasteiger partial charge in [-0.15, -0.1) is 0 Å². The normalized spacial score (nSPS) is 15.3. The highest BCUT2D eigenvalue weighted by Crippen LogP contribution is 2.27. The number of nitro benzene ring substituents is 1. The maximum Gasteiger partial charge on any atom is 0.288 e. The molecular formula is C19H23N3O5S. The van der Waals surface area contributed by atoms with Gasteiger partial charge in [0.2, 0.25) is 0 Å². The van der Waals surface area contributed by atoms with E-state index in [4.69, 9.17) is 4.74 Å². The van der Waals surface area contributed by atoms with Gasteiger partial charge in [-0.1, -0.05) is 24.3 Å². The van der Waals surface area contributed by atoms with Gasteiger partial charge in [0.1, 0.15) is 4.90 Å². The molecule has 0 spiro atoms. The molecule has 1 N–H and O–H groups in total. The molecule has 0 unspecified atom stereocenters. The van der Waals surface area contributed by atoms with E-state index in [1.165, 1.54) is 23.8 Å². The summed E-state index contributed by atoms with van der Waals surface area (Å²) in [7, 11) is -3.70. The minimum atomic E-state index is -3.70. The Morgan fingerprint density at radius 3 is 2.54 bits per heavy atom. The second-order valence-corrected chi connectivity index (χ2v) is 8.76. The highest BCUT2D eigenvalue weighted by Gasteiger charge is 2.22. The number of ether oxygens (including phenoxy) is 1. The third kappa shape index (κ3) is 5.28. The molecule has 8 nitrogen and oxygen atoms in total. The Bertz CT molecular complexity index is 956. The van der Waals surface area contributed by atoms with Crippen molar-refractivity contribution >= 4 is 21.2 Å². The Morgan fingerprint density at radius 1 is 1.14 bits per heavy atom. The van der Waals surface area contributed by atoms with Crippen LogP contribution in [0.2, 0.25) is 0 Å². The van der Waals surface area contributed by atoms with E-state index in [2.05, 4.69) is 22.3 Å². The molecule has 1 fully saturated rings. The zero-order chi connectivity index (χ0) is 20.1. The molecule has 0 aliphatic carbocycles. The van der Waals surface area contributed by atoms with E-state index in [9.17, 15) is 18.5 Å². The zero-order valence-corrected chi connectivity index (χ0v) is 16.4. The standard InChI is InChI=1S/C19H23N3O5S/c1-28(25,26)19-12-17(5-6-18(19)22(23)24)20-13-15-3-2-4-16(11-15)14-21-7-9-27-10-8-21/h2-6,11-12,20H,7-10,13-14H2,1H3. The molecule has 2 aromatic rings. The van der Waals surface area contributed by atoms with Crippen LogP contribution in [-0.4, -0.2) is 50.8 Å². The Hall–Kier alpha value is -2.49. The molecule has 0 amide bonds. The van der Waals surface area contributed by atoms with Gasteiger partial charge in [-0.3, -0.25) is 15.0 Å². The maximum atomic E-state index is 11.9. The predicted molar refractivity (Wildman–Crippen MR) is 106 cm³/mol. The third-order valence-electron chi connectivity index (χ3n) is 4.55. The fourth-order valence-electron chi connectivity index (χ4n) is 3.13. The van der Waals surface area contributed by atoms with Gasteiger partial charge in [-0.2, -0.15) is 0 Å². The van der Waals surface area contributed by atoms with E-state index in [-0.39, 0.29) is 4.90 Å². The summed E-state index contributed by atoms with van der Waals surface area (Å²) in [5.74, 6) is 0. The summed E-state index contributed by atoms with van der Waals surface area (Å²) in [4.78, 5) is 12.4. The number of nitro groups is 1. The molecule has 1 aliphatic rings. The van der Waals surface area contributed by atoms with Crippen LogP contribution in [0.3, 0.4) is 0 Å². The lowest BCUT2D eigenvalue weighted by atomic mass is 10.1. The number of rotatable bonds is 7. The first-order chi connectivity index (χ1) is 13.3. The molecule has 2 aromatic carbocycles. The molecular weight excluding hydrogens is 382 g/mol. The molecule has 0 aromatic heterocycles. The average Bonchev–Trinajstić information content (AvgIpc) is 2.66. The summed E-state index contributed by atoms with van der Waals surface area (Å²) >= 11 is 0. The lowest BCUT2D eigenvalue weighted by Gasteiger charge is -2.26. The van der Waals surface area contributed by atoms with Crippen LogP contribution in [0.1, 0.15) is 11.1 Å². The molecule has 0 saturated carbocycles. The van der Waals surface area contributed by atoms with Crippen molar-refractivity contribution in [2.24, 2.45) is 0 Å². The molecule has 1 heterocycles. The number of anilines is 1. The van der Waals surface area contributed by atoms with Crippen LogP contribution in [0.5, 0.6) is 0 Å². The Labute approximate surface area is 164 Å². The molecule has 0 radical (unpaired) electrons. The molecule has 9 heteroatoms. The summed E-state index contributed by atoms with van der Waals surface area (Å²) in [5, 5.41) is 14.2. The van der Waals surface area contributed by atoms with Crippen LogP contribution in [0, 0.1) is 10.1 Å². The number of sulfone groups is 1. The van der Waals surface area contributed by atoms with E-state index in [1.807, 2.05) is 12.1 Å². The lowest BCUT2D eigenvalue weighted by molar-refractivity contribution is -0.387. The SMILES string of the molecule is CS(=O)(=O)c1cc(NCc2cccc(CN3CCOCC3)c2)ccc1[N+](=O)[O-]. The average molecular weight is 405 g/mol. The van der Waals surface area contributed by atoms with Crippen LogP contribution >= 0.6 is 0 Å². The number of morpholine rings is 1. The first-order valence-electron chi connectivity index (χ1n) is 8.93. The van der Waals surface area contributed by atoms with Gasteiger partial charge in [0.15, 0.2) is 9.84 Å². The van der Waals surface area contributed by atoms with Crippen molar-refractivity contribution in [1.82, 2.24) is 4.90 Å². The monoisotopic (exact) mass is 405 g/mol. The van der Waals surface area contributed by atoms with Crippen molar-refractivity contribution in [2.75, 3.05) is 37.9 Å². The highest BCUT2D eigenvalue weighted by atomic mass is 32.2. The van der Waals surface area contributed by atoms with Gasteiger partial charge < -0.3 is 10.1 Å². The van der Waals surface area contributed by atoms with Crippen molar-refractivity contribution in [2.45, 2.75) is 18.0 Å². The van der Waals surface area contributed by atoms with Gasteiger partial charge in [0, 0.05) is 44.2 Å². The summed E-state index contributed by atoms with van der Waals surface area (Å²) < 4.78 is 29.1. The molecule has 1 aliphatic heterocycles. The van der Waals surface area contributed by atoms with Crippen molar-refractivity contribution in [3.05, 3.63) is 63.7 Å². The second-order valence-electron chi connectivity index (χ2n) is 6.77. The zero-order valence-electron chi connectivity index (χ0n) is 15.6. The van der Waals surface area contributed by atoms with Gasteiger partial charge in [0.25, 0.3) is 5.69 Å². The van der Waals surface area contributed by atoms with Gasteiger partial charge in [-0.25, -0.2) is 8.42 Å². The van der Waals surface area contributed by atoms with E-state index in [1.54, 1.807) is 0 Å². The van der Waals surface area contributed by atoms with Gasteiger partial charge >= 0.3 is 0 Å².